The number of carbonyl (C=O) groups excluding carboxylic acids is 4. The zero-order chi connectivity index (χ0) is 23.5. The molecule has 0 radical (unpaired) electrons. The molecule has 174 valence electrons. The van der Waals surface area contributed by atoms with Crippen molar-refractivity contribution in [3.63, 3.8) is 0 Å². The average Bonchev–Trinajstić information content (AvgIpc) is 2.92. The fourth-order valence-corrected chi connectivity index (χ4v) is 4.53. The minimum absolute atomic E-state index is 0.338. The second kappa shape index (κ2) is 9.30. The van der Waals surface area contributed by atoms with Gasteiger partial charge >= 0.3 is 12.0 Å². The monoisotopic (exact) mass is 443 g/mol. The smallest absolute Gasteiger partial charge is 0.327 e. The van der Waals surface area contributed by atoms with E-state index in [9.17, 15) is 19.2 Å². The highest BCUT2D eigenvalue weighted by Crippen LogP contribution is 2.39. The molecule has 0 atom stereocenters. The van der Waals surface area contributed by atoms with Gasteiger partial charge in [-0.1, -0.05) is 49.6 Å². The van der Waals surface area contributed by atoms with Crippen LogP contribution in [0.4, 0.5) is 4.79 Å². The molecule has 1 aromatic carbocycles. The van der Waals surface area contributed by atoms with Crippen LogP contribution in [0.2, 0.25) is 0 Å². The lowest BCUT2D eigenvalue weighted by atomic mass is 9.81. The van der Waals surface area contributed by atoms with Gasteiger partial charge in [0.05, 0.1) is 0 Å². The van der Waals surface area contributed by atoms with Crippen molar-refractivity contribution in [3.05, 3.63) is 35.9 Å². The van der Waals surface area contributed by atoms with E-state index < -0.39 is 36.2 Å². The molecule has 1 aromatic rings. The van der Waals surface area contributed by atoms with E-state index in [1.165, 1.54) is 4.90 Å². The number of imide groups is 1. The summed E-state index contributed by atoms with van der Waals surface area (Å²) in [5, 5.41) is 0. The number of hydrogen-bond donors (Lipinski definition) is 0. The molecule has 1 saturated heterocycles. The van der Waals surface area contributed by atoms with Gasteiger partial charge in [0.15, 0.2) is 6.61 Å². The van der Waals surface area contributed by atoms with Crippen LogP contribution in [-0.4, -0.2) is 69.8 Å². The largest absolute Gasteiger partial charge is 0.454 e. The first-order chi connectivity index (χ1) is 15.1. The first kappa shape index (κ1) is 23.8. The van der Waals surface area contributed by atoms with E-state index in [1.807, 2.05) is 51.1 Å². The van der Waals surface area contributed by atoms with Crippen molar-refractivity contribution in [3.8, 4) is 0 Å². The number of carbonyl (C=O) groups is 4. The summed E-state index contributed by atoms with van der Waals surface area (Å²) in [6.07, 6.45) is 4.01. The molecule has 0 bridgehead atoms. The molecule has 2 fully saturated rings. The lowest BCUT2D eigenvalue weighted by molar-refractivity contribution is -0.156. The molecule has 1 saturated carbocycles. The standard InChI is InChI=1S/C24H33N3O5/c1-23(2,3)27(15-18-11-7-5-8-12-18)19(28)17-32-20(29)16-26-21(30)24(25(4)22(26)31)13-9-6-10-14-24/h5,7-8,11-12H,6,9-10,13-17H2,1-4H3. The van der Waals surface area contributed by atoms with Crippen LogP contribution in [0, 0.1) is 0 Å². The fourth-order valence-electron chi connectivity index (χ4n) is 4.53. The number of esters is 1. The van der Waals surface area contributed by atoms with Gasteiger partial charge in [-0.3, -0.25) is 19.3 Å². The second-order valence-corrected chi connectivity index (χ2v) is 9.62. The van der Waals surface area contributed by atoms with E-state index in [4.69, 9.17) is 4.74 Å². The number of nitrogens with zero attached hydrogens (tertiary/aromatic N) is 3. The van der Waals surface area contributed by atoms with Crippen LogP contribution >= 0.6 is 0 Å². The SMILES string of the molecule is CN1C(=O)N(CC(=O)OCC(=O)N(Cc2ccccc2)C(C)(C)C)C(=O)C12CCCCC2. The zero-order valence-corrected chi connectivity index (χ0v) is 19.4. The lowest BCUT2D eigenvalue weighted by Crippen LogP contribution is -2.49. The highest BCUT2D eigenvalue weighted by molar-refractivity contribution is 6.08. The number of hydrogen-bond acceptors (Lipinski definition) is 5. The van der Waals surface area contributed by atoms with Crippen molar-refractivity contribution in [2.45, 2.75) is 70.5 Å². The molecule has 1 spiro atoms. The Bertz CT molecular complexity index is 871. The molecule has 2 aliphatic rings. The summed E-state index contributed by atoms with van der Waals surface area (Å²) >= 11 is 0. The second-order valence-electron chi connectivity index (χ2n) is 9.62. The first-order valence-corrected chi connectivity index (χ1v) is 11.2. The highest BCUT2D eigenvalue weighted by Gasteiger charge is 2.56. The number of amides is 4. The Balaban J connectivity index is 1.60. The molecule has 4 amide bonds. The molecule has 0 unspecified atom stereocenters. The van der Waals surface area contributed by atoms with Gasteiger partial charge in [-0.15, -0.1) is 0 Å². The third-order valence-electron chi connectivity index (χ3n) is 6.42. The zero-order valence-electron chi connectivity index (χ0n) is 19.4. The molecule has 3 rings (SSSR count). The molecule has 1 heterocycles. The van der Waals surface area contributed by atoms with Gasteiger partial charge in [0.25, 0.3) is 11.8 Å². The Hall–Kier alpha value is -2.90. The van der Waals surface area contributed by atoms with Gasteiger partial charge in [-0.2, -0.15) is 0 Å². The first-order valence-electron chi connectivity index (χ1n) is 11.2. The van der Waals surface area contributed by atoms with E-state index >= 15 is 0 Å². The summed E-state index contributed by atoms with van der Waals surface area (Å²) in [5.41, 5.74) is -0.350. The fraction of sp³-hybridized carbons (Fsp3) is 0.583. The molecule has 1 aliphatic carbocycles. The normalized spacial score (nSPS) is 18.2. The van der Waals surface area contributed by atoms with E-state index in [-0.39, 0.29) is 11.8 Å². The van der Waals surface area contributed by atoms with Crippen LogP contribution in [0.3, 0.4) is 0 Å². The van der Waals surface area contributed by atoms with Gasteiger partial charge in [0, 0.05) is 19.1 Å². The molecule has 8 nitrogen and oxygen atoms in total. The Kier molecular flexibility index (Phi) is 6.91. The van der Waals surface area contributed by atoms with E-state index in [0.29, 0.717) is 19.4 Å². The van der Waals surface area contributed by atoms with Crippen molar-refractivity contribution in [2.24, 2.45) is 0 Å². The minimum Gasteiger partial charge on any atom is -0.454 e. The summed E-state index contributed by atoms with van der Waals surface area (Å²) in [7, 11) is 1.62. The van der Waals surface area contributed by atoms with Crippen LogP contribution in [-0.2, 0) is 25.7 Å². The quantitative estimate of drug-likeness (QED) is 0.498. The van der Waals surface area contributed by atoms with E-state index in [0.717, 1.165) is 29.7 Å². The summed E-state index contributed by atoms with van der Waals surface area (Å²) in [5.74, 6) is -1.45. The average molecular weight is 444 g/mol. The number of ether oxygens (including phenoxy) is 1. The van der Waals surface area contributed by atoms with Crippen LogP contribution in [0.1, 0.15) is 58.4 Å². The van der Waals surface area contributed by atoms with Gasteiger partial charge in [0.2, 0.25) is 0 Å². The van der Waals surface area contributed by atoms with Crippen LogP contribution in [0.25, 0.3) is 0 Å². The molecular formula is C24H33N3O5. The van der Waals surface area contributed by atoms with Crippen LogP contribution in [0.5, 0.6) is 0 Å². The van der Waals surface area contributed by atoms with Gasteiger partial charge < -0.3 is 14.5 Å². The van der Waals surface area contributed by atoms with Gasteiger partial charge in [0.1, 0.15) is 12.1 Å². The number of benzene rings is 1. The van der Waals surface area contributed by atoms with Crippen LogP contribution in [0.15, 0.2) is 30.3 Å². The molecule has 0 aromatic heterocycles. The molecule has 1 aliphatic heterocycles. The summed E-state index contributed by atoms with van der Waals surface area (Å²) in [6, 6.07) is 9.09. The maximum Gasteiger partial charge on any atom is 0.327 e. The Labute approximate surface area is 189 Å². The maximum atomic E-state index is 13.0. The van der Waals surface area contributed by atoms with E-state index in [1.54, 1.807) is 11.9 Å². The third kappa shape index (κ3) is 4.79. The molecule has 0 N–H and O–H groups in total. The van der Waals surface area contributed by atoms with E-state index in [2.05, 4.69) is 0 Å². The molecule has 32 heavy (non-hydrogen) atoms. The van der Waals surface area contributed by atoms with Crippen molar-refractivity contribution >= 4 is 23.8 Å². The Morgan fingerprint density at radius 1 is 1.06 bits per heavy atom. The molecular weight excluding hydrogens is 410 g/mol. The van der Waals surface area contributed by atoms with Crippen molar-refractivity contribution in [1.29, 1.82) is 0 Å². The lowest BCUT2D eigenvalue weighted by Gasteiger charge is -2.36. The molecule has 8 heteroatoms. The maximum absolute atomic E-state index is 13.0. The van der Waals surface area contributed by atoms with Crippen LogP contribution < -0.4 is 0 Å². The highest BCUT2D eigenvalue weighted by atomic mass is 16.5. The topological polar surface area (TPSA) is 87.2 Å². The number of rotatable bonds is 6. The van der Waals surface area contributed by atoms with Crippen molar-refractivity contribution in [2.75, 3.05) is 20.2 Å². The van der Waals surface area contributed by atoms with Crippen molar-refractivity contribution < 1.29 is 23.9 Å². The minimum atomic E-state index is -0.843. The summed E-state index contributed by atoms with van der Waals surface area (Å²) in [4.78, 5) is 55.0. The summed E-state index contributed by atoms with van der Waals surface area (Å²) < 4.78 is 5.19. The Morgan fingerprint density at radius 2 is 1.69 bits per heavy atom. The van der Waals surface area contributed by atoms with Gasteiger partial charge in [-0.25, -0.2) is 4.79 Å². The number of likely N-dealkylation sites (N-methyl/N-ethyl adjacent to an activating group) is 1. The number of urea groups is 1. The predicted molar refractivity (Wildman–Crippen MR) is 118 cm³/mol. The van der Waals surface area contributed by atoms with Crippen molar-refractivity contribution in [1.82, 2.24) is 14.7 Å². The van der Waals surface area contributed by atoms with Gasteiger partial charge in [-0.05, 0) is 39.2 Å². The third-order valence-corrected chi connectivity index (χ3v) is 6.42. The predicted octanol–water partition coefficient (Wildman–Crippen LogP) is 2.95. The summed E-state index contributed by atoms with van der Waals surface area (Å²) in [6.45, 7) is 5.20. The Morgan fingerprint density at radius 3 is 2.28 bits per heavy atom.